The molecule has 0 aromatic heterocycles. The van der Waals surface area contributed by atoms with Gasteiger partial charge in [-0.3, -0.25) is 4.79 Å². The molecular weight excluding hydrogens is 1040 g/mol. The molecule has 14 heteroatoms. The van der Waals surface area contributed by atoms with Crippen molar-refractivity contribution in [2.75, 3.05) is 19.8 Å². The molecular formula is C68H123NO13. The fourth-order valence-electron chi connectivity index (χ4n) is 10.8. The number of rotatable bonds is 54. The predicted octanol–water partition coefficient (Wildman–Crippen LogP) is 12.9. The minimum Gasteiger partial charge on any atom is -0.394 e. The molecule has 82 heavy (non-hydrogen) atoms. The molecule has 0 spiro atoms. The first kappa shape index (κ1) is 75.8. The number of aliphatic hydroxyl groups excluding tert-OH is 8. The molecule has 2 heterocycles. The zero-order valence-electron chi connectivity index (χ0n) is 51.7. The molecule has 0 bridgehead atoms. The Morgan fingerprint density at radius 2 is 0.817 bits per heavy atom. The Kier molecular flexibility index (Phi) is 49.0. The average molecular weight is 1160 g/mol. The minimum atomic E-state index is -1.79. The van der Waals surface area contributed by atoms with Crippen molar-refractivity contribution in [1.29, 1.82) is 0 Å². The number of ether oxygens (including phenoxy) is 4. The van der Waals surface area contributed by atoms with E-state index < -0.39 is 86.8 Å². The Labute approximate surface area is 498 Å². The van der Waals surface area contributed by atoms with E-state index in [1.807, 2.05) is 6.08 Å². The van der Waals surface area contributed by atoms with Crippen LogP contribution in [0, 0.1) is 0 Å². The standard InChI is InChI=1S/C68H123NO13/c1-3-5-7-9-11-13-15-17-19-21-23-25-27-28-30-32-34-36-38-40-42-44-46-48-50-52-60(73)69-56(55-79-67-65(78)63(76)66(59(54-71)81-67)82-68-64(77)62(75)61(74)58(53-70)80-68)57(72)51-49-47-45-43-41-39-37-35-33-31-29-26-24-22-20-18-16-14-12-10-8-6-4-2/h15,17,21,23,27-28,41,43,49,51,56-59,61-68,70-72,74-78H,3-14,16,18-20,22,24-26,29-40,42,44-48,50,52-55H2,1-2H3,(H,69,73)/b17-15-,23-21-,28-27-,43-41+,51-49+. The monoisotopic (exact) mass is 1160 g/mol. The van der Waals surface area contributed by atoms with Crippen molar-refractivity contribution in [2.45, 2.75) is 344 Å². The second kappa shape index (κ2) is 53.0. The van der Waals surface area contributed by atoms with Gasteiger partial charge in [0.05, 0.1) is 32.0 Å². The number of allylic oxidation sites excluding steroid dienone is 9. The lowest BCUT2D eigenvalue weighted by Gasteiger charge is -2.46. The van der Waals surface area contributed by atoms with Crippen molar-refractivity contribution in [1.82, 2.24) is 5.32 Å². The van der Waals surface area contributed by atoms with Crippen molar-refractivity contribution >= 4 is 5.91 Å². The van der Waals surface area contributed by atoms with Gasteiger partial charge in [0, 0.05) is 6.42 Å². The molecule has 2 aliphatic heterocycles. The summed E-state index contributed by atoms with van der Waals surface area (Å²) in [6.07, 6.45) is 52.6. The van der Waals surface area contributed by atoms with Crippen LogP contribution in [0.5, 0.6) is 0 Å². The number of nitrogens with one attached hydrogen (secondary N) is 1. The molecule has 2 rings (SSSR count). The predicted molar refractivity (Wildman–Crippen MR) is 332 cm³/mol. The molecule has 12 atom stereocenters. The smallest absolute Gasteiger partial charge is 0.220 e. The Bertz CT molecular complexity index is 1610. The zero-order chi connectivity index (χ0) is 59.5. The third-order valence-electron chi connectivity index (χ3n) is 16.2. The lowest BCUT2D eigenvalue weighted by molar-refractivity contribution is -0.359. The summed E-state index contributed by atoms with van der Waals surface area (Å²) in [5.74, 6) is -0.252. The summed E-state index contributed by atoms with van der Waals surface area (Å²) in [6, 6.07) is -0.937. The minimum absolute atomic E-state index is 0.252. The van der Waals surface area contributed by atoms with E-state index in [0.29, 0.717) is 12.8 Å². The molecule has 9 N–H and O–H groups in total. The van der Waals surface area contributed by atoms with Gasteiger partial charge in [-0.2, -0.15) is 0 Å². The number of amides is 1. The van der Waals surface area contributed by atoms with Crippen molar-refractivity contribution in [3.63, 3.8) is 0 Å². The molecule has 0 radical (unpaired) electrons. The van der Waals surface area contributed by atoms with E-state index in [9.17, 15) is 45.6 Å². The summed E-state index contributed by atoms with van der Waals surface area (Å²) in [4.78, 5) is 13.3. The highest BCUT2D eigenvalue weighted by Gasteiger charge is 2.51. The van der Waals surface area contributed by atoms with Crippen LogP contribution in [0.2, 0.25) is 0 Å². The first-order valence-electron chi connectivity index (χ1n) is 33.5. The van der Waals surface area contributed by atoms with Crippen LogP contribution in [0.15, 0.2) is 60.8 Å². The zero-order valence-corrected chi connectivity index (χ0v) is 51.7. The second-order valence-electron chi connectivity index (χ2n) is 23.6. The average Bonchev–Trinajstić information content (AvgIpc) is 3.56. The highest BCUT2D eigenvalue weighted by molar-refractivity contribution is 5.76. The quantitative estimate of drug-likeness (QED) is 0.0204. The first-order valence-corrected chi connectivity index (χ1v) is 33.5. The van der Waals surface area contributed by atoms with Crippen LogP contribution in [0.1, 0.15) is 271 Å². The van der Waals surface area contributed by atoms with Crippen LogP contribution in [0.25, 0.3) is 0 Å². The van der Waals surface area contributed by atoms with Gasteiger partial charge in [0.25, 0.3) is 0 Å². The molecule has 12 unspecified atom stereocenters. The van der Waals surface area contributed by atoms with Crippen LogP contribution in [-0.4, -0.2) is 140 Å². The number of carbonyl (C=O) groups is 1. The summed E-state index contributed by atoms with van der Waals surface area (Å²) in [6.45, 7) is 2.79. The topological polar surface area (TPSA) is 228 Å². The Balaban J connectivity index is 1.73. The number of hydrogen-bond donors (Lipinski definition) is 9. The molecule has 0 saturated carbocycles. The van der Waals surface area contributed by atoms with E-state index in [1.165, 1.54) is 186 Å². The van der Waals surface area contributed by atoms with E-state index >= 15 is 0 Å². The summed E-state index contributed by atoms with van der Waals surface area (Å²) in [5, 5.41) is 87.3. The summed E-state index contributed by atoms with van der Waals surface area (Å²) in [7, 11) is 0. The Morgan fingerprint density at radius 3 is 1.28 bits per heavy atom. The van der Waals surface area contributed by atoms with Crippen molar-refractivity contribution in [3.8, 4) is 0 Å². The molecule has 2 saturated heterocycles. The molecule has 14 nitrogen and oxygen atoms in total. The SMILES string of the molecule is CCCCCCC/C=C\C/C=C\C/C=C\CCCCCCCCCCCCC(=O)NC(COC1OC(CO)C(OC2OC(CO)C(O)C(O)C2O)C(O)C1O)C(O)/C=C/CC/C=C/CCCCCCCCCCCCCCCCCCC. The third kappa shape index (κ3) is 37.3. The van der Waals surface area contributed by atoms with Gasteiger partial charge in [-0.05, 0) is 70.6 Å². The van der Waals surface area contributed by atoms with Crippen LogP contribution in [-0.2, 0) is 23.7 Å². The molecule has 1 amide bonds. The van der Waals surface area contributed by atoms with Crippen LogP contribution < -0.4 is 5.32 Å². The van der Waals surface area contributed by atoms with Crippen LogP contribution in [0.4, 0.5) is 0 Å². The van der Waals surface area contributed by atoms with E-state index in [-0.39, 0.29) is 18.9 Å². The molecule has 2 fully saturated rings. The van der Waals surface area contributed by atoms with Gasteiger partial charge in [-0.1, -0.05) is 254 Å². The maximum absolute atomic E-state index is 13.3. The first-order chi connectivity index (χ1) is 40.1. The Hall–Kier alpha value is -2.31. The van der Waals surface area contributed by atoms with Crippen LogP contribution in [0.3, 0.4) is 0 Å². The lowest BCUT2D eigenvalue weighted by atomic mass is 9.97. The molecule has 478 valence electrons. The number of aliphatic hydroxyl groups is 8. The maximum atomic E-state index is 13.3. The normalized spacial score (nSPS) is 24.3. The maximum Gasteiger partial charge on any atom is 0.220 e. The van der Waals surface area contributed by atoms with E-state index in [0.717, 1.165) is 51.4 Å². The third-order valence-corrected chi connectivity index (χ3v) is 16.2. The van der Waals surface area contributed by atoms with E-state index in [2.05, 4.69) is 67.8 Å². The second-order valence-corrected chi connectivity index (χ2v) is 23.6. The molecule has 0 aliphatic carbocycles. The number of hydrogen-bond acceptors (Lipinski definition) is 13. The van der Waals surface area contributed by atoms with Gasteiger partial charge in [0.15, 0.2) is 12.6 Å². The van der Waals surface area contributed by atoms with Gasteiger partial charge < -0.3 is 65.1 Å². The Morgan fingerprint density at radius 1 is 0.439 bits per heavy atom. The number of carbonyl (C=O) groups excluding carboxylic acids is 1. The van der Waals surface area contributed by atoms with Crippen LogP contribution >= 0.6 is 0 Å². The molecule has 0 aromatic carbocycles. The van der Waals surface area contributed by atoms with E-state index in [1.54, 1.807) is 6.08 Å². The molecule has 0 aromatic rings. The van der Waals surface area contributed by atoms with Gasteiger partial charge in [0.1, 0.15) is 48.8 Å². The lowest BCUT2D eigenvalue weighted by Crippen LogP contribution is -2.65. The fraction of sp³-hybridized carbons (Fsp3) is 0.838. The van der Waals surface area contributed by atoms with Crippen molar-refractivity contribution in [3.05, 3.63) is 60.8 Å². The fourth-order valence-corrected chi connectivity index (χ4v) is 10.8. The van der Waals surface area contributed by atoms with Gasteiger partial charge in [0.2, 0.25) is 5.91 Å². The van der Waals surface area contributed by atoms with Gasteiger partial charge in [-0.25, -0.2) is 0 Å². The largest absolute Gasteiger partial charge is 0.394 e. The number of unbranched alkanes of at least 4 members (excludes halogenated alkanes) is 33. The van der Waals surface area contributed by atoms with Gasteiger partial charge in [-0.15, -0.1) is 0 Å². The summed E-state index contributed by atoms with van der Waals surface area (Å²) in [5.41, 5.74) is 0. The highest BCUT2D eigenvalue weighted by Crippen LogP contribution is 2.30. The highest BCUT2D eigenvalue weighted by atomic mass is 16.7. The van der Waals surface area contributed by atoms with Crippen molar-refractivity contribution in [2.24, 2.45) is 0 Å². The van der Waals surface area contributed by atoms with Gasteiger partial charge >= 0.3 is 0 Å². The van der Waals surface area contributed by atoms with Crippen molar-refractivity contribution < 1.29 is 64.6 Å². The summed E-state index contributed by atoms with van der Waals surface area (Å²) >= 11 is 0. The summed E-state index contributed by atoms with van der Waals surface area (Å²) < 4.78 is 22.8. The molecule has 2 aliphatic rings. The van der Waals surface area contributed by atoms with E-state index in [4.69, 9.17) is 18.9 Å².